The Morgan fingerprint density at radius 2 is 0.786 bits per heavy atom. The van der Waals surface area contributed by atoms with E-state index in [1.165, 1.54) is 0 Å². The minimum absolute atomic E-state index is 0. The van der Waals surface area contributed by atoms with Crippen LogP contribution in [0, 0.1) is 0 Å². The van der Waals surface area contributed by atoms with E-state index < -0.39 is 57.6 Å². The monoisotopic (exact) mass is 486 g/mol. The molecule has 20 heteroatoms. The van der Waals surface area contributed by atoms with Gasteiger partial charge < -0.3 is 4.55 Å². The summed E-state index contributed by atoms with van der Waals surface area (Å²) in [5, 5.41) is 0. The van der Waals surface area contributed by atoms with Crippen LogP contribution in [-0.2, 0) is 10.1 Å². The van der Waals surface area contributed by atoms with Crippen LogP contribution in [0.4, 0.5) is 65.9 Å². The molecule has 0 amide bonds. The fourth-order valence-corrected chi connectivity index (χ4v) is 1.94. The van der Waals surface area contributed by atoms with E-state index in [9.17, 15) is 78.8 Å². The number of alkyl halides is 15. The Morgan fingerprint density at radius 1 is 0.536 bits per heavy atom. The molecule has 164 valence electrons. The molecule has 0 aliphatic rings. The Kier molecular flexibility index (Phi) is 8.08. The SMILES string of the molecule is O=S(=O)([O-])CC(F)(F)C(F)(F)C(F)(F)C(F)(F)C(F)(F)C(F)(F)C(F)(F)F.[Na+]. The molecule has 0 radical (unpaired) electrons. The molecular formula is C8H2F15NaO3S. The minimum atomic E-state index is -8.52. The van der Waals surface area contributed by atoms with Crippen LogP contribution in [0.25, 0.3) is 0 Å². The quantitative estimate of drug-likeness (QED) is 0.306. The van der Waals surface area contributed by atoms with Crippen LogP contribution in [0.15, 0.2) is 0 Å². The third kappa shape index (κ3) is 4.46. The fraction of sp³-hybridized carbons (Fsp3) is 1.00. The Morgan fingerprint density at radius 3 is 1.04 bits per heavy atom. The Balaban J connectivity index is 0. The van der Waals surface area contributed by atoms with Gasteiger partial charge in [-0.2, -0.15) is 65.9 Å². The topological polar surface area (TPSA) is 57.2 Å². The molecule has 0 fully saturated rings. The van der Waals surface area contributed by atoms with Gasteiger partial charge in [0.1, 0.15) is 15.9 Å². The molecule has 0 aromatic heterocycles. The van der Waals surface area contributed by atoms with E-state index in [4.69, 9.17) is 0 Å². The van der Waals surface area contributed by atoms with Crippen LogP contribution in [-0.4, -0.2) is 60.4 Å². The molecule has 3 nitrogen and oxygen atoms in total. The zero-order chi connectivity index (χ0) is 22.7. The summed E-state index contributed by atoms with van der Waals surface area (Å²) in [6, 6.07) is 0. The molecule has 28 heavy (non-hydrogen) atoms. The molecule has 0 atom stereocenters. The second-order valence-electron chi connectivity index (χ2n) is 4.78. The van der Waals surface area contributed by atoms with Gasteiger partial charge in [-0.3, -0.25) is 0 Å². The normalized spacial score (nSPS) is 16.0. The van der Waals surface area contributed by atoms with Gasteiger partial charge in [0.05, 0.1) is 0 Å². The van der Waals surface area contributed by atoms with Gasteiger partial charge in [0.25, 0.3) is 0 Å². The molecule has 0 saturated heterocycles. The van der Waals surface area contributed by atoms with Crippen molar-refractivity contribution in [3.05, 3.63) is 0 Å². The van der Waals surface area contributed by atoms with Gasteiger partial charge in [-0.1, -0.05) is 0 Å². The Labute approximate surface area is 166 Å². The predicted octanol–water partition coefficient (Wildman–Crippen LogP) is 0.910. The smallest absolute Gasteiger partial charge is 0.748 e. The summed E-state index contributed by atoms with van der Waals surface area (Å²) in [5.41, 5.74) is 0. The van der Waals surface area contributed by atoms with Crippen molar-refractivity contribution in [2.24, 2.45) is 0 Å². The van der Waals surface area contributed by atoms with E-state index in [1.807, 2.05) is 0 Å². The van der Waals surface area contributed by atoms with Gasteiger partial charge in [-0.15, -0.1) is 0 Å². The van der Waals surface area contributed by atoms with Crippen molar-refractivity contribution < 1.29 is 108 Å². The van der Waals surface area contributed by atoms with E-state index in [-0.39, 0.29) is 29.6 Å². The van der Waals surface area contributed by atoms with E-state index in [0.717, 1.165) is 0 Å². The molecule has 0 heterocycles. The first kappa shape index (κ1) is 30.1. The second-order valence-corrected chi connectivity index (χ2v) is 6.18. The molecule has 0 spiro atoms. The van der Waals surface area contributed by atoms with Gasteiger partial charge in [0, 0.05) is 0 Å². The van der Waals surface area contributed by atoms with Crippen molar-refractivity contribution in [2.75, 3.05) is 5.75 Å². The van der Waals surface area contributed by atoms with Crippen molar-refractivity contribution in [2.45, 2.75) is 41.7 Å². The van der Waals surface area contributed by atoms with Gasteiger partial charge in [0.15, 0.2) is 0 Å². The third-order valence-electron chi connectivity index (χ3n) is 2.75. The zero-order valence-electron chi connectivity index (χ0n) is 12.5. The number of halogens is 15. The van der Waals surface area contributed by atoms with Crippen molar-refractivity contribution in [3.8, 4) is 0 Å². The summed E-state index contributed by atoms with van der Waals surface area (Å²) in [5.74, 6) is -52.4. The van der Waals surface area contributed by atoms with Crippen molar-refractivity contribution in [1.82, 2.24) is 0 Å². The first-order valence-corrected chi connectivity index (χ1v) is 7.05. The van der Waals surface area contributed by atoms with Gasteiger partial charge in [-0.05, 0) is 0 Å². The van der Waals surface area contributed by atoms with Crippen LogP contribution >= 0.6 is 0 Å². The van der Waals surface area contributed by atoms with Crippen molar-refractivity contribution >= 4 is 10.1 Å². The first-order chi connectivity index (χ1) is 11.2. The molecular weight excluding hydrogens is 484 g/mol. The number of hydrogen-bond acceptors (Lipinski definition) is 3. The zero-order valence-corrected chi connectivity index (χ0v) is 15.3. The van der Waals surface area contributed by atoms with Gasteiger partial charge >= 0.3 is 71.3 Å². The molecule has 0 N–H and O–H groups in total. The maximum Gasteiger partial charge on any atom is 1.00 e. The summed E-state index contributed by atoms with van der Waals surface area (Å²) in [6.45, 7) is 0. The van der Waals surface area contributed by atoms with E-state index in [2.05, 4.69) is 0 Å². The van der Waals surface area contributed by atoms with Crippen molar-refractivity contribution in [1.29, 1.82) is 0 Å². The van der Waals surface area contributed by atoms with Crippen LogP contribution in [0.5, 0.6) is 0 Å². The molecule has 0 unspecified atom stereocenters. The van der Waals surface area contributed by atoms with E-state index in [1.54, 1.807) is 0 Å². The standard InChI is InChI=1S/C8H3F15O3S.Na/c9-2(10,1-27(24,25)26)3(11,12)4(13,14)5(15,16)6(17,18)7(19,20)8(21,22)23;/h1H2,(H,24,25,26);/q;+1/p-1. The molecule has 0 aliphatic heterocycles. The first-order valence-electron chi connectivity index (χ1n) is 5.48. The summed E-state index contributed by atoms with van der Waals surface area (Å²) in [4.78, 5) is 0. The fourth-order valence-electron chi connectivity index (χ4n) is 1.31. The summed E-state index contributed by atoms with van der Waals surface area (Å²) >= 11 is 0. The maximum atomic E-state index is 13.0. The molecule has 0 aromatic rings. The Hall–Kier alpha value is -0.140. The van der Waals surface area contributed by atoms with Crippen LogP contribution < -0.4 is 29.6 Å². The summed E-state index contributed by atoms with van der Waals surface area (Å²) in [7, 11) is -6.63. The largest absolute Gasteiger partial charge is 1.00 e. The molecule has 0 saturated carbocycles. The summed E-state index contributed by atoms with van der Waals surface area (Å²) < 4.78 is 219. The minimum Gasteiger partial charge on any atom is -0.748 e. The molecule has 0 bridgehead atoms. The summed E-state index contributed by atoms with van der Waals surface area (Å²) in [6.07, 6.45) is -7.73. The van der Waals surface area contributed by atoms with Crippen molar-refractivity contribution in [3.63, 3.8) is 0 Å². The van der Waals surface area contributed by atoms with Crippen LogP contribution in [0.1, 0.15) is 0 Å². The molecule has 0 aliphatic carbocycles. The predicted molar refractivity (Wildman–Crippen MR) is 50.3 cm³/mol. The number of rotatable bonds is 7. The third-order valence-corrected chi connectivity index (χ3v) is 3.47. The molecule has 0 aromatic carbocycles. The van der Waals surface area contributed by atoms with Gasteiger partial charge in [0.2, 0.25) is 0 Å². The van der Waals surface area contributed by atoms with Crippen LogP contribution in [0.3, 0.4) is 0 Å². The maximum absolute atomic E-state index is 13.0. The average Bonchev–Trinajstić information content (AvgIpc) is 2.33. The Bertz CT molecular complexity index is 667. The van der Waals surface area contributed by atoms with E-state index in [0.29, 0.717) is 0 Å². The van der Waals surface area contributed by atoms with E-state index >= 15 is 0 Å². The molecule has 0 rings (SSSR count). The second kappa shape index (κ2) is 7.52. The average molecular weight is 486 g/mol. The number of hydrogen-bond donors (Lipinski definition) is 0. The van der Waals surface area contributed by atoms with Crippen LogP contribution in [0.2, 0.25) is 0 Å². The van der Waals surface area contributed by atoms with Gasteiger partial charge in [-0.25, -0.2) is 8.42 Å².